The van der Waals surface area contributed by atoms with Crippen LogP contribution >= 0.6 is 0 Å². The highest BCUT2D eigenvalue weighted by Crippen LogP contribution is 2.45. The standard InChI is InChI=1S/C52H32N4O/c1-4-15-33(16-5-1)42-32-43(34-17-6-2-7-18-34)54-52(53-42)35-19-14-22-37(31-35)56-46-29-27-39-38-23-11-13-26-47(38)57-51(39)49(46)41-28-30-45-48(50(41)56)40-24-10-12-25-44(40)55(45)36-20-8-3-9-21-36/h1-32H. The van der Waals surface area contributed by atoms with Crippen molar-refractivity contribution in [2.24, 2.45) is 0 Å². The Bertz CT molecular complexity index is 3450. The molecular formula is C52H32N4O. The van der Waals surface area contributed by atoms with E-state index in [0.29, 0.717) is 5.82 Å². The summed E-state index contributed by atoms with van der Waals surface area (Å²) in [7, 11) is 0. The number of hydrogen-bond donors (Lipinski definition) is 0. The highest BCUT2D eigenvalue weighted by molar-refractivity contribution is 6.31. The third-order valence-corrected chi connectivity index (χ3v) is 11.3. The van der Waals surface area contributed by atoms with Crippen LogP contribution in [0.3, 0.4) is 0 Å². The topological polar surface area (TPSA) is 48.8 Å². The lowest BCUT2D eigenvalue weighted by Gasteiger charge is -2.13. The van der Waals surface area contributed by atoms with E-state index in [-0.39, 0.29) is 0 Å². The molecule has 4 heterocycles. The number of benzene rings is 8. The van der Waals surface area contributed by atoms with E-state index < -0.39 is 0 Å². The first-order chi connectivity index (χ1) is 28.3. The molecule has 57 heavy (non-hydrogen) atoms. The van der Waals surface area contributed by atoms with Crippen molar-refractivity contribution in [3.05, 3.63) is 194 Å². The number of fused-ring (bicyclic) bond motifs is 11. The van der Waals surface area contributed by atoms with Crippen molar-refractivity contribution in [1.82, 2.24) is 19.1 Å². The van der Waals surface area contributed by atoms with Gasteiger partial charge >= 0.3 is 0 Å². The average Bonchev–Trinajstić information content (AvgIpc) is 3.95. The Balaban J connectivity index is 1.19. The summed E-state index contributed by atoms with van der Waals surface area (Å²) < 4.78 is 11.6. The van der Waals surface area contributed by atoms with Gasteiger partial charge in [0.2, 0.25) is 0 Å². The fraction of sp³-hybridized carbons (Fsp3) is 0. The van der Waals surface area contributed by atoms with Gasteiger partial charge in [0.05, 0.1) is 38.8 Å². The second-order valence-corrected chi connectivity index (χ2v) is 14.6. The Morgan fingerprint density at radius 3 is 1.68 bits per heavy atom. The van der Waals surface area contributed by atoms with Crippen LogP contribution < -0.4 is 0 Å². The molecule has 266 valence electrons. The van der Waals surface area contributed by atoms with Crippen molar-refractivity contribution in [3.63, 3.8) is 0 Å². The molecule has 0 spiro atoms. The Hall–Kier alpha value is -7.76. The molecule has 8 aromatic carbocycles. The summed E-state index contributed by atoms with van der Waals surface area (Å²) in [5, 5.41) is 6.83. The lowest BCUT2D eigenvalue weighted by atomic mass is 10.1. The van der Waals surface area contributed by atoms with Crippen LogP contribution in [0.2, 0.25) is 0 Å². The first-order valence-corrected chi connectivity index (χ1v) is 19.3. The van der Waals surface area contributed by atoms with E-state index in [1.807, 2.05) is 18.2 Å². The van der Waals surface area contributed by atoms with Crippen LogP contribution in [0.25, 0.3) is 111 Å². The van der Waals surface area contributed by atoms with Gasteiger partial charge in [-0.3, -0.25) is 0 Å². The van der Waals surface area contributed by atoms with Crippen molar-refractivity contribution < 1.29 is 4.42 Å². The van der Waals surface area contributed by atoms with Crippen LogP contribution in [-0.2, 0) is 0 Å². The van der Waals surface area contributed by atoms with E-state index in [1.54, 1.807) is 0 Å². The van der Waals surface area contributed by atoms with Gasteiger partial charge in [-0.1, -0.05) is 127 Å². The van der Waals surface area contributed by atoms with Crippen molar-refractivity contribution in [2.75, 3.05) is 0 Å². The van der Waals surface area contributed by atoms with Gasteiger partial charge in [0.15, 0.2) is 5.82 Å². The maximum atomic E-state index is 6.76. The van der Waals surface area contributed by atoms with Crippen molar-refractivity contribution in [2.45, 2.75) is 0 Å². The smallest absolute Gasteiger partial charge is 0.160 e. The van der Waals surface area contributed by atoms with E-state index >= 15 is 0 Å². The molecule has 0 saturated heterocycles. The summed E-state index contributed by atoms with van der Waals surface area (Å²) in [5.41, 5.74) is 13.2. The van der Waals surface area contributed by atoms with Crippen molar-refractivity contribution >= 4 is 65.6 Å². The second kappa shape index (κ2) is 12.4. The molecule has 0 amide bonds. The number of para-hydroxylation sites is 3. The van der Waals surface area contributed by atoms with E-state index in [9.17, 15) is 0 Å². The largest absolute Gasteiger partial charge is 0.455 e. The van der Waals surface area contributed by atoms with Crippen LogP contribution in [0, 0.1) is 0 Å². The molecule has 0 fully saturated rings. The molecular weight excluding hydrogens is 697 g/mol. The van der Waals surface area contributed by atoms with Crippen LogP contribution in [-0.4, -0.2) is 19.1 Å². The van der Waals surface area contributed by atoms with Gasteiger partial charge in [0.25, 0.3) is 0 Å². The molecule has 0 aliphatic heterocycles. The van der Waals surface area contributed by atoms with Crippen LogP contribution in [0.1, 0.15) is 0 Å². The predicted molar refractivity (Wildman–Crippen MR) is 234 cm³/mol. The van der Waals surface area contributed by atoms with Gasteiger partial charge in [-0.25, -0.2) is 9.97 Å². The molecule has 0 atom stereocenters. The van der Waals surface area contributed by atoms with Gasteiger partial charge in [-0.15, -0.1) is 0 Å². The third-order valence-electron chi connectivity index (χ3n) is 11.3. The van der Waals surface area contributed by atoms with E-state index in [2.05, 4.69) is 185 Å². The molecule has 0 aliphatic carbocycles. The van der Waals surface area contributed by atoms with Gasteiger partial charge in [-0.05, 0) is 66.7 Å². The Kier molecular flexibility index (Phi) is 6.86. The molecule has 0 bridgehead atoms. The number of furan rings is 1. The summed E-state index contributed by atoms with van der Waals surface area (Å²) in [5.74, 6) is 0.670. The lowest BCUT2D eigenvalue weighted by molar-refractivity contribution is 0.673. The maximum Gasteiger partial charge on any atom is 0.160 e. The lowest BCUT2D eigenvalue weighted by Crippen LogP contribution is -1.98. The highest BCUT2D eigenvalue weighted by atomic mass is 16.3. The quantitative estimate of drug-likeness (QED) is 0.177. The summed E-state index contributed by atoms with van der Waals surface area (Å²) >= 11 is 0. The first kappa shape index (κ1) is 31.6. The Morgan fingerprint density at radius 2 is 0.947 bits per heavy atom. The average molecular weight is 729 g/mol. The molecule has 5 heteroatoms. The Morgan fingerprint density at radius 1 is 0.368 bits per heavy atom. The van der Waals surface area contributed by atoms with Crippen molar-refractivity contribution in [3.8, 4) is 45.3 Å². The summed E-state index contributed by atoms with van der Waals surface area (Å²) in [4.78, 5) is 10.4. The van der Waals surface area contributed by atoms with Gasteiger partial charge in [0, 0.05) is 55.0 Å². The molecule has 0 unspecified atom stereocenters. The van der Waals surface area contributed by atoms with Gasteiger partial charge < -0.3 is 13.6 Å². The summed E-state index contributed by atoms with van der Waals surface area (Å²) in [6, 6.07) is 68.2. The zero-order valence-corrected chi connectivity index (χ0v) is 30.7. The molecule has 4 aromatic heterocycles. The van der Waals surface area contributed by atoms with Crippen LogP contribution in [0.4, 0.5) is 0 Å². The van der Waals surface area contributed by atoms with Crippen molar-refractivity contribution in [1.29, 1.82) is 0 Å². The zero-order valence-electron chi connectivity index (χ0n) is 30.7. The fourth-order valence-corrected chi connectivity index (χ4v) is 8.82. The van der Waals surface area contributed by atoms with E-state index in [0.717, 1.165) is 94.2 Å². The van der Waals surface area contributed by atoms with Gasteiger partial charge in [-0.2, -0.15) is 0 Å². The minimum absolute atomic E-state index is 0.670. The number of hydrogen-bond acceptors (Lipinski definition) is 3. The SMILES string of the molecule is c1ccc(-c2cc(-c3ccccc3)nc(-c3cccc(-n4c5ccc6c7ccccc7oc6c5c5ccc6c(c7ccccc7n6-c6ccccc6)c54)c3)n2)cc1. The van der Waals surface area contributed by atoms with E-state index in [4.69, 9.17) is 14.4 Å². The molecule has 0 N–H and O–H groups in total. The molecule has 0 saturated carbocycles. The molecule has 0 aliphatic rings. The molecule has 0 radical (unpaired) electrons. The molecule has 5 nitrogen and oxygen atoms in total. The Labute approximate surface area is 327 Å². The number of nitrogens with zero attached hydrogens (tertiary/aromatic N) is 4. The zero-order chi connectivity index (χ0) is 37.5. The predicted octanol–water partition coefficient (Wildman–Crippen LogP) is 13.6. The minimum atomic E-state index is 0.670. The fourth-order valence-electron chi connectivity index (χ4n) is 8.82. The van der Waals surface area contributed by atoms with Crippen LogP contribution in [0.5, 0.6) is 0 Å². The normalized spacial score (nSPS) is 11.9. The summed E-state index contributed by atoms with van der Waals surface area (Å²) in [6.45, 7) is 0. The monoisotopic (exact) mass is 728 g/mol. The third kappa shape index (κ3) is 4.82. The van der Waals surface area contributed by atoms with Crippen LogP contribution in [0.15, 0.2) is 199 Å². The first-order valence-electron chi connectivity index (χ1n) is 19.3. The summed E-state index contributed by atoms with van der Waals surface area (Å²) in [6.07, 6.45) is 0. The highest BCUT2D eigenvalue weighted by Gasteiger charge is 2.24. The number of rotatable bonds is 5. The van der Waals surface area contributed by atoms with Gasteiger partial charge in [0.1, 0.15) is 11.2 Å². The second-order valence-electron chi connectivity index (χ2n) is 14.6. The van der Waals surface area contributed by atoms with E-state index in [1.165, 1.54) is 10.8 Å². The molecule has 12 aromatic rings. The number of aromatic nitrogens is 4. The maximum absolute atomic E-state index is 6.76. The minimum Gasteiger partial charge on any atom is -0.455 e. The molecule has 12 rings (SSSR count).